The van der Waals surface area contributed by atoms with E-state index in [1.807, 2.05) is 6.92 Å². The van der Waals surface area contributed by atoms with E-state index in [9.17, 15) is 14.0 Å². The molecule has 18 heavy (non-hydrogen) atoms. The molecule has 2 rings (SSSR count). The fraction of sp³-hybridized carbons (Fsp3) is 0.385. The fourth-order valence-electron chi connectivity index (χ4n) is 2.16. The van der Waals surface area contributed by atoms with Crippen molar-refractivity contribution in [2.24, 2.45) is 5.92 Å². The number of amides is 1. The first-order chi connectivity index (χ1) is 8.47. The molecule has 5 heteroatoms. The van der Waals surface area contributed by atoms with Gasteiger partial charge in [-0.1, -0.05) is 6.92 Å². The molecule has 1 atom stereocenters. The lowest BCUT2D eigenvalue weighted by atomic mass is 10.1. The average molecular weight is 251 g/mol. The van der Waals surface area contributed by atoms with Crippen LogP contribution in [0, 0.1) is 11.7 Å². The molecule has 1 saturated heterocycles. The molecule has 1 amide bonds. The molecule has 1 unspecified atom stereocenters. The van der Waals surface area contributed by atoms with Crippen molar-refractivity contribution >= 4 is 11.9 Å². The second-order valence-corrected chi connectivity index (χ2v) is 4.69. The van der Waals surface area contributed by atoms with E-state index in [0.29, 0.717) is 13.0 Å². The van der Waals surface area contributed by atoms with E-state index in [0.717, 1.165) is 6.07 Å². The van der Waals surface area contributed by atoms with Gasteiger partial charge in [0.05, 0.1) is 5.56 Å². The van der Waals surface area contributed by atoms with Crippen molar-refractivity contribution < 1.29 is 19.1 Å². The summed E-state index contributed by atoms with van der Waals surface area (Å²) in [6, 6.07) is 3.63. The van der Waals surface area contributed by atoms with Crippen molar-refractivity contribution in [1.29, 1.82) is 0 Å². The SMILES string of the molecule is CC1CC(=O)N(Cc2cc(C(=O)O)ccc2F)C1. The molecule has 0 saturated carbocycles. The van der Waals surface area contributed by atoms with Gasteiger partial charge in [0.2, 0.25) is 5.91 Å². The number of carboxylic acids is 1. The highest BCUT2D eigenvalue weighted by atomic mass is 19.1. The Labute approximate surface area is 104 Å². The van der Waals surface area contributed by atoms with Crippen LogP contribution in [-0.4, -0.2) is 28.4 Å². The van der Waals surface area contributed by atoms with Gasteiger partial charge in [-0.25, -0.2) is 9.18 Å². The van der Waals surface area contributed by atoms with Gasteiger partial charge in [0.15, 0.2) is 0 Å². The number of likely N-dealkylation sites (tertiary alicyclic amines) is 1. The molecule has 0 bridgehead atoms. The summed E-state index contributed by atoms with van der Waals surface area (Å²) < 4.78 is 13.6. The van der Waals surface area contributed by atoms with Crippen LogP contribution in [0.3, 0.4) is 0 Å². The molecule has 0 radical (unpaired) electrons. The van der Waals surface area contributed by atoms with Gasteiger partial charge in [-0.2, -0.15) is 0 Å². The lowest BCUT2D eigenvalue weighted by Gasteiger charge is -2.16. The molecule has 1 aliphatic rings. The molecule has 1 heterocycles. The summed E-state index contributed by atoms with van der Waals surface area (Å²) in [7, 11) is 0. The highest BCUT2D eigenvalue weighted by Gasteiger charge is 2.27. The minimum Gasteiger partial charge on any atom is -0.478 e. The number of aromatic carboxylic acids is 1. The van der Waals surface area contributed by atoms with E-state index in [1.165, 1.54) is 12.1 Å². The third-order valence-electron chi connectivity index (χ3n) is 3.06. The molecule has 4 nitrogen and oxygen atoms in total. The number of nitrogens with zero attached hydrogens (tertiary/aromatic N) is 1. The number of carbonyl (C=O) groups is 2. The van der Waals surface area contributed by atoms with Gasteiger partial charge in [0.1, 0.15) is 5.82 Å². The number of carboxylic acid groups (broad SMARTS) is 1. The Hall–Kier alpha value is -1.91. The van der Waals surface area contributed by atoms with Crippen molar-refractivity contribution in [1.82, 2.24) is 4.90 Å². The fourth-order valence-corrected chi connectivity index (χ4v) is 2.16. The number of hydrogen-bond acceptors (Lipinski definition) is 2. The first kappa shape index (κ1) is 12.5. The van der Waals surface area contributed by atoms with Gasteiger partial charge in [-0.3, -0.25) is 4.79 Å². The number of carbonyl (C=O) groups excluding carboxylic acids is 1. The molecule has 0 spiro atoms. The average Bonchev–Trinajstić information content (AvgIpc) is 2.60. The molecule has 1 N–H and O–H groups in total. The maximum Gasteiger partial charge on any atom is 0.335 e. The lowest BCUT2D eigenvalue weighted by molar-refractivity contribution is -0.128. The number of hydrogen-bond donors (Lipinski definition) is 1. The van der Waals surface area contributed by atoms with E-state index in [2.05, 4.69) is 0 Å². The van der Waals surface area contributed by atoms with Crippen molar-refractivity contribution in [3.63, 3.8) is 0 Å². The van der Waals surface area contributed by atoms with Gasteiger partial charge >= 0.3 is 5.97 Å². The van der Waals surface area contributed by atoms with Crippen molar-refractivity contribution in [3.8, 4) is 0 Å². The maximum atomic E-state index is 13.6. The Bertz CT molecular complexity index is 501. The zero-order valence-electron chi connectivity index (χ0n) is 10.0. The van der Waals surface area contributed by atoms with Crippen LogP contribution < -0.4 is 0 Å². The summed E-state index contributed by atoms with van der Waals surface area (Å²) in [6.45, 7) is 2.69. The van der Waals surface area contributed by atoms with Crippen LogP contribution in [0.2, 0.25) is 0 Å². The number of benzene rings is 1. The summed E-state index contributed by atoms with van der Waals surface area (Å²) in [5, 5.41) is 8.85. The molecule has 1 aromatic rings. The summed E-state index contributed by atoms with van der Waals surface area (Å²) in [4.78, 5) is 24.0. The summed E-state index contributed by atoms with van der Waals surface area (Å²) in [5.74, 6) is -1.32. The molecule has 1 aliphatic heterocycles. The Kier molecular flexibility index (Phi) is 3.32. The topological polar surface area (TPSA) is 57.6 Å². The second kappa shape index (κ2) is 4.76. The molecule has 0 aliphatic carbocycles. The van der Waals surface area contributed by atoms with Gasteiger partial charge < -0.3 is 10.0 Å². The molecule has 1 fully saturated rings. The van der Waals surface area contributed by atoms with Crippen LogP contribution in [0.25, 0.3) is 0 Å². The Morgan fingerprint density at radius 2 is 2.28 bits per heavy atom. The quantitative estimate of drug-likeness (QED) is 0.892. The van der Waals surface area contributed by atoms with Gasteiger partial charge in [0.25, 0.3) is 0 Å². The zero-order valence-corrected chi connectivity index (χ0v) is 10.0. The predicted molar refractivity (Wildman–Crippen MR) is 62.6 cm³/mol. The molecule has 96 valence electrons. The summed E-state index contributed by atoms with van der Waals surface area (Å²) >= 11 is 0. The minimum absolute atomic E-state index is 0.0115. The van der Waals surface area contributed by atoms with Crippen LogP contribution >= 0.6 is 0 Å². The smallest absolute Gasteiger partial charge is 0.335 e. The van der Waals surface area contributed by atoms with Crippen LogP contribution in [0.15, 0.2) is 18.2 Å². The van der Waals surface area contributed by atoms with Gasteiger partial charge in [-0.15, -0.1) is 0 Å². The summed E-state index contributed by atoms with van der Waals surface area (Å²) in [6.07, 6.45) is 0.472. The lowest BCUT2D eigenvalue weighted by Crippen LogP contribution is -2.25. The predicted octanol–water partition coefficient (Wildman–Crippen LogP) is 1.89. The minimum atomic E-state index is -1.10. The summed E-state index contributed by atoms with van der Waals surface area (Å²) in [5.41, 5.74) is 0.281. The van der Waals surface area contributed by atoms with E-state index in [-0.39, 0.29) is 29.5 Å². The van der Waals surface area contributed by atoms with Gasteiger partial charge in [-0.05, 0) is 24.1 Å². The van der Waals surface area contributed by atoms with Crippen LogP contribution in [0.4, 0.5) is 4.39 Å². The van der Waals surface area contributed by atoms with Gasteiger partial charge in [0, 0.05) is 25.1 Å². The maximum absolute atomic E-state index is 13.6. The third kappa shape index (κ3) is 2.50. The largest absolute Gasteiger partial charge is 0.478 e. The van der Waals surface area contributed by atoms with Crippen molar-refractivity contribution in [2.75, 3.05) is 6.54 Å². The van der Waals surface area contributed by atoms with E-state index >= 15 is 0 Å². The highest BCUT2D eigenvalue weighted by Crippen LogP contribution is 2.21. The standard InChI is InChI=1S/C13H14FNO3/c1-8-4-12(16)15(6-8)7-10-5-9(13(17)18)2-3-11(10)14/h2-3,5,8H,4,6-7H2,1H3,(H,17,18). The Morgan fingerprint density at radius 1 is 1.56 bits per heavy atom. The van der Waals surface area contributed by atoms with E-state index in [1.54, 1.807) is 4.90 Å². The van der Waals surface area contributed by atoms with Crippen LogP contribution in [-0.2, 0) is 11.3 Å². The van der Waals surface area contributed by atoms with Crippen LogP contribution in [0.5, 0.6) is 0 Å². The Morgan fingerprint density at radius 3 is 2.83 bits per heavy atom. The molecule has 1 aromatic carbocycles. The molecular weight excluding hydrogens is 237 g/mol. The number of rotatable bonds is 3. The van der Waals surface area contributed by atoms with E-state index < -0.39 is 11.8 Å². The van der Waals surface area contributed by atoms with Crippen molar-refractivity contribution in [3.05, 3.63) is 35.1 Å². The van der Waals surface area contributed by atoms with Crippen molar-refractivity contribution in [2.45, 2.75) is 19.9 Å². The monoisotopic (exact) mass is 251 g/mol. The van der Waals surface area contributed by atoms with Crippen LogP contribution in [0.1, 0.15) is 29.3 Å². The Balaban J connectivity index is 2.20. The third-order valence-corrected chi connectivity index (χ3v) is 3.06. The normalized spacial score (nSPS) is 19.3. The zero-order chi connectivity index (χ0) is 13.3. The number of halogens is 1. The highest BCUT2D eigenvalue weighted by molar-refractivity contribution is 5.87. The second-order valence-electron chi connectivity index (χ2n) is 4.69. The first-order valence-corrected chi connectivity index (χ1v) is 5.77. The first-order valence-electron chi connectivity index (χ1n) is 5.77. The van der Waals surface area contributed by atoms with E-state index in [4.69, 9.17) is 5.11 Å². The molecular formula is C13H14FNO3. The molecule has 0 aromatic heterocycles.